The number of nitrogen functional groups attached to an aromatic ring is 1. The number of nitrogens with two attached hydrogens (primary N) is 1. The Morgan fingerprint density at radius 3 is 2.42 bits per heavy atom. The maximum atomic E-state index is 5.55. The molecule has 3 N–H and O–H groups in total. The lowest BCUT2D eigenvalue weighted by Gasteiger charge is -2.11. The molecular weight excluding hydrogens is 150 g/mol. The molecule has 0 spiro atoms. The fraction of sp³-hybridized carbons (Fsp3) is 0.667. The fourth-order valence-corrected chi connectivity index (χ4v) is 1.92. The van der Waals surface area contributed by atoms with E-state index in [1.807, 2.05) is 6.07 Å². The number of aromatic amines is 1. The van der Waals surface area contributed by atoms with Crippen molar-refractivity contribution in [1.82, 2.24) is 10.2 Å². The van der Waals surface area contributed by atoms with Crippen molar-refractivity contribution < 1.29 is 0 Å². The fourth-order valence-electron chi connectivity index (χ4n) is 1.92. The van der Waals surface area contributed by atoms with Crippen LogP contribution in [0, 0.1) is 5.41 Å². The average molecular weight is 165 g/mol. The second kappa shape index (κ2) is 1.84. The Kier molecular flexibility index (Phi) is 1.17. The number of H-pyrrole nitrogens is 1. The summed E-state index contributed by atoms with van der Waals surface area (Å²) in [5.41, 5.74) is 7.38. The second-order valence-corrected chi connectivity index (χ2v) is 4.60. The van der Waals surface area contributed by atoms with Crippen LogP contribution in [-0.2, 0) is 5.41 Å². The summed E-state index contributed by atoms with van der Waals surface area (Å²) in [6.07, 6.45) is 1.21. The van der Waals surface area contributed by atoms with Crippen molar-refractivity contribution in [2.24, 2.45) is 5.41 Å². The molecule has 1 fully saturated rings. The molecule has 66 valence electrons. The van der Waals surface area contributed by atoms with E-state index in [9.17, 15) is 0 Å². The van der Waals surface area contributed by atoms with Gasteiger partial charge in [0.25, 0.3) is 0 Å². The third-order valence-corrected chi connectivity index (χ3v) is 3.36. The lowest BCUT2D eigenvalue weighted by molar-refractivity contribution is 0.517. The molecule has 0 amide bonds. The van der Waals surface area contributed by atoms with Crippen molar-refractivity contribution in [1.29, 1.82) is 0 Å². The number of nitrogens with zero attached hydrogens (tertiary/aromatic N) is 1. The van der Waals surface area contributed by atoms with E-state index in [0.717, 1.165) is 0 Å². The summed E-state index contributed by atoms with van der Waals surface area (Å²) in [4.78, 5) is 0. The standard InChI is InChI=1S/C9H15N3/c1-8(2)5-9(8,3)6-4-7(10)12-11-6/h4H,5H2,1-3H3,(H3,10,11,12). The van der Waals surface area contributed by atoms with E-state index in [-0.39, 0.29) is 5.41 Å². The predicted octanol–water partition coefficient (Wildman–Crippen LogP) is 1.68. The SMILES string of the molecule is CC1(C)CC1(C)c1cc(N)n[nH]1. The van der Waals surface area contributed by atoms with Crippen molar-refractivity contribution in [3.8, 4) is 0 Å². The molecule has 1 saturated carbocycles. The topological polar surface area (TPSA) is 54.7 Å². The van der Waals surface area contributed by atoms with Crippen molar-refractivity contribution in [3.63, 3.8) is 0 Å². The van der Waals surface area contributed by atoms with Gasteiger partial charge in [-0.05, 0) is 11.8 Å². The molecule has 1 unspecified atom stereocenters. The Morgan fingerprint density at radius 2 is 2.08 bits per heavy atom. The van der Waals surface area contributed by atoms with Crippen molar-refractivity contribution >= 4 is 5.82 Å². The van der Waals surface area contributed by atoms with Gasteiger partial charge >= 0.3 is 0 Å². The molecule has 1 aliphatic rings. The summed E-state index contributed by atoms with van der Waals surface area (Å²) in [6, 6.07) is 1.94. The minimum absolute atomic E-state index is 0.262. The second-order valence-electron chi connectivity index (χ2n) is 4.60. The zero-order valence-corrected chi connectivity index (χ0v) is 7.81. The molecule has 3 heteroatoms. The first kappa shape index (κ1) is 7.65. The molecule has 2 rings (SSSR count). The molecule has 0 saturated heterocycles. The van der Waals surface area contributed by atoms with Gasteiger partial charge in [-0.15, -0.1) is 0 Å². The van der Waals surface area contributed by atoms with Crippen LogP contribution in [0.25, 0.3) is 0 Å². The van der Waals surface area contributed by atoms with Gasteiger partial charge in [0.1, 0.15) is 5.82 Å². The van der Waals surface area contributed by atoms with Gasteiger partial charge < -0.3 is 5.73 Å². The van der Waals surface area contributed by atoms with Crippen molar-refractivity contribution in [2.75, 3.05) is 5.73 Å². The summed E-state index contributed by atoms with van der Waals surface area (Å²) in [6.45, 7) is 6.79. The lowest BCUT2D eigenvalue weighted by atomic mass is 9.95. The zero-order chi connectivity index (χ0) is 8.98. The number of hydrogen-bond acceptors (Lipinski definition) is 2. The van der Waals surface area contributed by atoms with Gasteiger partial charge in [0, 0.05) is 17.2 Å². The van der Waals surface area contributed by atoms with E-state index in [0.29, 0.717) is 11.2 Å². The van der Waals surface area contributed by atoms with Crippen LogP contribution >= 0.6 is 0 Å². The summed E-state index contributed by atoms with van der Waals surface area (Å²) in [5.74, 6) is 0.592. The minimum Gasteiger partial charge on any atom is -0.382 e. The van der Waals surface area contributed by atoms with Gasteiger partial charge in [0.15, 0.2) is 0 Å². The van der Waals surface area contributed by atoms with Gasteiger partial charge in [-0.3, -0.25) is 5.10 Å². The molecule has 3 nitrogen and oxygen atoms in total. The van der Waals surface area contributed by atoms with E-state index >= 15 is 0 Å². The predicted molar refractivity (Wildman–Crippen MR) is 48.8 cm³/mol. The van der Waals surface area contributed by atoms with Crippen LogP contribution in [0.5, 0.6) is 0 Å². The lowest BCUT2D eigenvalue weighted by Crippen LogP contribution is -2.09. The van der Waals surface area contributed by atoms with Crippen LogP contribution in [0.4, 0.5) is 5.82 Å². The Bertz CT molecular complexity index is 313. The molecule has 0 aliphatic heterocycles. The van der Waals surface area contributed by atoms with E-state index < -0.39 is 0 Å². The monoisotopic (exact) mass is 165 g/mol. The Morgan fingerprint density at radius 1 is 1.50 bits per heavy atom. The summed E-state index contributed by atoms with van der Waals surface area (Å²) in [5, 5.41) is 6.93. The summed E-state index contributed by atoms with van der Waals surface area (Å²) < 4.78 is 0. The third kappa shape index (κ3) is 0.792. The Labute approximate surface area is 72.4 Å². The van der Waals surface area contributed by atoms with Gasteiger partial charge in [-0.25, -0.2) is 0 Å². The van der Waals surface area contributed by atoms with Gasteiger partial charge in [-0.2, -0.15) is 5.10 Å². The maximum absolute atomic E-state index is 5.55. The van der Waals surface area contributed by atoms with Gasteiger partial charge in [0.2, 0.25) is 0 Å². The number of rotatable bonds is 1. The summed E-state index contributed by atoms with van der Waals surface area (Å²) >= 11 is 0. The highest BCUT2D eigenvalue weighted by Crippen LogP contribution is 2.63. The third-order valence-electron chi connectivity index (χ3n) is 3.36. The molecular formula is C9H15N3. The largest absolute Gasteiger partial charge is 0.382 e. The number of anilines is 1. The highest BCUT2D eigenvalue weighted by molar-refractivity contribution is 5.38. The highest BCUT2D eigenvalue weighted by atomic mass is 15.2. The number of nitrogens with one attached hydrogen (secondary N) is 1. The van der Waals surface area contributed by atoms with E-state index in [4.69, 9.17) is 5.73 Å². The maximum Gasteiger partial charge on any atom is 0.145 e. The zero-order valence-electron chi connectivity index (χ0n) is 7.81. The smallest absolute Gasteiger partial charge is 0.145 e. The Hall–Kier alpha value is -0.990. The molecule has 1 heterocycles. The van der Waals surface area contributed by atoms with E-state index in [1.165, 1.54) is 12.1 Å². The number of aromatic nitrogens is 2. The van der Waals surface area contributed by atoms with E-state index in [2.05, 4.69) is 31.0 Å². The molecule has 1 aromatic rings. The molecule has 0 radical (unpaired) electrons. The first-order chi connectivity index (χ1) is 5.46. The minimum atomic E-state index is 0.262. The Balaban J connectivity index is 2.34. The molecule has 1 aliphatic carbocycles. The van der Waals surface area contributed by atoms with Crippen LogP contribution in [0.3, 0.4) is 0 Å². The normalized spacial score (nSPS) is 31.9. The van der Waals surface area contributed by atoms with Crippen LogP contribution in [0.15, 0.2) is 6.07 Å². The van der Waals surface area contributed by atoms with Crippen molar-refractivity contribution in [3.05, 3.63) is 11.8 Å². The molecule has 0 aromatic carbocycles. The highest BCUT2D eigenvalue weighted by Gasteiger charge is 2.59. The molecule has 1 aromatic heterocycles. The average Bonchev–Trinajstić information content (AvgIpc) is 2.37. The summed E-state index contributed by atoms with van der Waals surface area (Å²) in [7, 11) is 0. The number of hydrogen-bond donors (Lipinski definition) is 2. The van der Waals surface area contributed by atoms with Crippen LogP contribution in [0.2, 0.25) is 0 Å². The van der Waals surface area contributed by atoms with Gasteiger partial charge in [0.05, 0.1) is 0 Å². The van der Waals surface area contributed by atoms with Gasteiger partial charge in [-0.1, -0.05) is 20.8 Å². The van der Waals surface area contributed by atoms with Crippen LogP contribution in [-0.4, -0.2) is 10.2 Å². The molecule has 1 atom stereocenters. The molecule has 12 heavy (non-hydrogen) atoms. The first-order valence-corrected chi connectivity index (χ1v) is 4.27. The van der Waals surface area contributed by atoms with Crippen LogP contribution < -0.4 is 5.73 Å². The molecule has 0 bridgehead atoms. The van der Waals surface area contributed by atoms with Crippen LogP contribution in [0.1, 0.15) is 32.9 Å². The van der Waals surface area contributed by atoms with Crippen molar-refractivity contribution in [2.45, 2.75) is 32.6 Å². The first-order valence-electron chi connectivity index (χ1n) is 4.27. The quantitative estimate of drug-likeness (QED) is 0.665. The van der Waals surface area contributed by atoms with E-state index in [1.54, 1.807) is 0 Å².